The third kappa shape index (κ3) is 3.45. The van der Waals surface area contributed by atoms with Crippen molar-refractivity contribution in [2.75, 3.05) is 0 Å². The van der Waals surface area contributed by atoms with Gasteiger partial charge in [0, 0.05) is 11.9 Å². The third-order valence-electron chi connectivity index (χ3n) is 2.57. The van der Waals surface area contributed by atoms with Gasteiger partial charge in [-0.2, -0.15) is 0 Å². The van der Waals surface area contributed by atoms with E-state index in [1.807, 2.05) is 13.0 Å². The molecule has 1 N–H and O–H groups in total. The Kier molecular flexibility index (Phi) is 4.42. The second kappa shape index (κ2) is 5.88. The van der Waals surface area contributed by atoms with Gasteiger partial charge in [0.25, 0.3) is 0 Å². The lowest BCUT2D eigenvalue weighted by Gasteiger charge is -2.10. The first kappa shape index (κ1) is 14.3. The van der Waals surface area contributed by atoms with E-state index in [0.29, 0.717) is 22.2 Å². The fraction of sp³-hybridized carbons (Fsp3) is 0.385. The second-order valence-electron chi connectivity index (χ2n) is 4.77. The largest absolute Gasteiger partial charge is 0.341 e. The standard InChI is InChI=1S/C13H15BrN4S/c1-7(2)6-10-11(14)13(19)18-12(17-10)9-4-5-15-8(3)16-9/h4-5,7H,6H2,1-3H3,(H,17,18,19). The minimum atomic E-state index is 0.532. The molecule has 6 heteroatoms. The van der Waals surface area contributed by atoms with E-state index in [9.17, 15) is 0 Å². The van der Waals surface area contributed by atoms with Gasteiger partial charge in [-0.3, -0.25) is 0 Å². The van der Waals surface area contributed by atoms with Gasteiger partial charge in [-0.1, -0.05) is 26.1 Å². The van der Waals surface area contributed by atoms with Crippen molar-refractivity contribution in [2.45, 2.75) is 27.2 Å². The SMILES string of the molecule is Cc1nccc(-c2nc(=S)c(Br)c(CC(C)C)[nH]2)n1. The van der Waals surface area contributed by atoms with Crippen LogP contribution >= 0.6 is 28.1 Å². The maximum absolute atomic E-state index is 5.29. The van der Waals surface area contributed by atoms with E-state index >= 15 is 0 Å². The third-order valence-corrected chi connectivity index (χ3v) is 3.98. The van der Waals surface area contributed by atoms with E-state index in [-0.39, 0.29) is 0 Å². The first-order valence-corrected chi connectivity index (χ1v) is 7.26. The summed E-state index contributed by atoms with van der Waals surface area (Å²) in [6.07, 6.45) is 2.63. The van der Waals surface area contributed by atoms with Crippen LogP contribution < -0.4 is 0 Å². The van der Waals surface area contributed by atoms with Crippen LogP contribution in [0, 0.1) is 17.5 Å². The number of hydrogen-bond donors (Lipinski definition) is 1. The molecular weight excluding hydrogens is 324 g/mol. The fourth-order valence-electron chi connectivity index (χ4n) is 1.76. The van der Waals surface area contributed by atoms with Crippen molar-refractivity contribution in [3.63, 3.8) is 0 Å². The first-order valence-electron chi connectivity index (χ1n) is 6.06. The average Bonchev–Trinajstić information content (AvgIpc) is 2.34. The van der Waals surface area contributed by atoms with Crippen LogP contribution in [-0.4, -0.2) is 19.9 Å². The van der Waals surface area contributed by atoms with Gasteiger partial charge in [0.15, 0.2) is 5.82 Å². The molecule has 0 fully saturated rings. The summed E-state index contributed by atoms with van der Waals surface area (Å²) in [6, 6.07) is 1.83. The fourth-order valence-corrected chi connectivity index (χ4v) is 2.33. The predicted octanol–water partition coefficient (Wildman–Crippen LogP) is 3.87. The van der Waals surface area contributed by atoms with Gasteiger partial charge in [0.1, 0.15) is 16.2 Å². The van der Waals surface area contributed by atoms with Gasteiger partial charge in [-0.25, -0.2) is 15.0 Å². The molecule has 0 aromatic carbocycles. The van der Waals surface area contributed by atoms with Gasteiger partial charge < -0.3 is 4.98 Å². The van der Waals surface area contributed by atoms with E-state index in [4.69, 9.17) is 12.2 Å². The minimum Gasteiger partial charge on any atom is -0.341 e. The lowest BCUT2D eigenvalue weighted by Crippen LogP contribution is -2.04. The Morgan fingerprint density at radius 2 is 2.11 bits per heavy atom. The lowest BCUT2D eigenvalue weighted by atomic mass is 10.1. The van der Waals surface area contributed by atoms with Crippen molar-refractivity contribution in [1.82, 2.24) is 19.9 Å². The molecule has 0 aliphatic rings. The molecule has 2 heterocycles. The van der Waals surface area contributed by atoms with Crippen molar-refractivity contribution >= 4 is 28.1 Å². The zero-order valence-corrected chi connectivity index (χ0v) is 13.5. The molecular formula is C13H15BrN4S. The Labute approximate surface area is 125 Å². The van der Waals surface area contributed by atoms with Crippen LogP contribution in [-0.2, 0) is 6.42 Å². The van der Waals surface area contributed by atoms with E-state index in [2.05, 4.69) is 49.7 Å². The molecule has 0 spiro atoms. The van der Waals surface area contributed by atoms with Crippen LogP contribution in [0.2, 0.25) is 0 Å². The molecule has 0 aliphatic heterocycles. The van der Waals surface area contributed by atoms with Gasteiger partial charge >= 0.3 is 0 Å². The smallest absolute Gasteiger partial charge is 0.158 e. The van der Waals surface area contributed by atoms with Crippen molar-refractivity contribution in [2.24, 2.45) is 5.92 Å². The minimum absolute atomic E-state index is 0.532. The number of nitrogens with one attached hydrogen (secondary N) is 1. The number of H-pyrrole nitrogens is 1. The van der Waals surface area contributed by atoms with E-state index in [1.54, 1.807) is 6.20 Å². The van der Waals surface area contributed by atoms with Gasteiger partial charge in [-0.15, -0.1) is 0 Å². The van der Waals surface area contributed by atoms with Gasteiger partial charge in [0.05, 0.1) is 4.47 Å². The molecule has 2 rings (SSSR count). The summed E-state index contributed by atoms with van der Waals surface area (Å²) in [6.45, 7) is 6.18. The second-order valence-corrected chi connectivity index (χ2v) is 5.95. The van der Waals surface area contributed by atoms with Crippen molar-refractivity contribution in [3.8, 4) is 11.5 Å². The summed E-state index contributed by atoms with van der Waals surface area (Å²) in [4.78, 5) is 16.1. The molecule has 2 aromatic heterocycles. The van der Waals surface area contributed by atoms with E-state index in [1.165, 1.54) is 0 Å². The molecule has 0 unspecified atom stereocenters. The molecule has 19 heavy (non-hydrogen) atoms. The normalized spacial score (nSPS) is 11.0. The highest BCUT2D eigenvalue weighted by Gasteiger charge is 2.10. The molecule has 2 aromatic rings. The first-order chi connectivity index (χ1) is 8.97. The molecule has 0 bridgehead atoms. The highest BCUT2D eigenvalue weighted by molar-refractivity contribution is 9.10. The summed E-state index contributed by atoms with van der Waals surface area (Å²) in [7, 11) is 0. The van der Waals surface area contributed by atoms with Crippen molar-refractivity contribution < 1.29 is 0 Å². The number of aromatic nitrogens is 4. The van der Waals surface area contributed by atoms with E-state index in [0.717, 1.165) is 22.3 Å². The highest BCUT2D eigenvalue weighted by Crippen LogP contribution is 2.22. The number of aryl methyl sites for hydroxylation is 1. The number of rotatable bonds is 3. The quantitative estimate of drug-likeness (QED) is 0.863. The molecule has 4 nitrogen and oxygen atoms in total. The number of hydrogen-bond acceptors (Lipinski definition) is 4. The summed E-state index contributed by atoms with van der Waals surface area (Å²) in [5.41, 5.74) is 1.82. The van der Waals surface area contributed by atoms with Crippen LogP contribution in [0.4, 0.5) is 0 Å². The molecule has 0 aliphatic carbocycles. The number of halogens is 1. The van der Waals surface area contributed by atoms with Crippen LogP contribution in [0.1, 0.15) is 25.4 Å². The molecule has 0 atom stereocenters. The summed E-state index contributed by atoms with van der Waals surface area (Å²) >= 11 is 8.79. The summed E-state index contributed by atoms with van der Waals surface area (Å²) in [5, 5.41) is 0. The van der Waals surface area contributed by atoms with Gasteiger partial charge in [0.2, 0.25) is 0 Å². The molecule has 0 saturated heterocycles. The number of aromatic amines is 1. The lowest BCUT2D eigenvalue weighted by molar-refractivity contribution is 0.632. The average molecular weight is 339 g/mol. The topological polar surface area (TPSA) is 54.5 Å². The Morgan fingerprint density at radius 3 is 2.74 bits per heavy atom. The monoisotopic (exact) mass is 338 g/mol. The maximum Gasteiger partial charge on any atom is 0.158 e. The summed E-state index contributed by atoms with van der Waals surface area (Å²) < 4.78 is 1.42. The van der Waals surface area contributed by atoms with Crippen molar-refractivity contribution in [1.29, 1.82) is 0 Å². The van der Waals surface area contributed by atoms with Crippen LogP contribution in [0.15, 0.2) is 16.7 Å². The molecule has 0 saturated carbocycles. The molecule has 0 amide bonds. The molecule has 0 radical (unpaired) electrons. The Balaban J connectivity index is 2.53. The predicted molar refractivity (Wildman–Crippen MR) is 81.4 cm³/mol. The summed E-state index contributed by atoms with van der Waals surface area (Å²) in [5.74, 6) is 1.94. The number of nitrogens with zero attached hydrogens (tertiary/aromatic N) is 3. The van der Waals surface area contributed by atoms with Gasteiger partial charge in [-0.05, 0) is 41.3 Å². The molecule has 100 valence electrons. The zero-order chi connectivity index (χ0) is 14.0. The van der Waals surface area contributed by atoms with Crippen LogP contribution in [0.5, 0.6) is 0 Å². The van der Waals surface area contributed by atoms with Crippen LogP contribution in [0.3, 0.4) is 0 Å². The Hall–Kier alpha value is -1.14. The van der Waals surface area contributed by atoms with Crippen LogP contribution in [0.25, 0.3) is 11.5 Å². The maximum atomic E-state index is 5.29. The Morgan fingerprint density at radius 1 is 1.37 bits per heavy atom. The zero-order valence-electron chi connectivity index (χ0n) is 11.1. The van der Waals surface area contributed by atoms with Crippen molar-refractivity contribution in [3.05, 3.63) is 32.9 Å². The van der Waals surface area contributed by atoms with E-state index < -0.39 is 0 Å². The highest BCUT2D eigenvalue weighted by atomic mass is 79.9. The Bertz CT molecular complexity index is 651.